The minimum Gasteiger partial charge on any atom is -0.361 e. The summed E-state index contributed by atoms with van der Waals surface area (Å²) in [5.74, 6) is -0.321. The number of fused-ring (bicyclic) bond motifs is 8. The van der Waals surface area contributed by atoms with Crippen molar-refractivity contribution in [2.24, 2.45) is 0 Å². The second-order valence-corrected chi connectivity index (χ2v) is 11.5. The predicted molar refractivity (Wildman–Crippen MR) is 165 cm³/mol. The number of imide groups is 1. The Labute approximate surface area is 240 Å². The van der Waals surface area contributed by atoms with Crippen LogP contribution in [0.15, 0.2) is 30.9 Å². The molecule has 4 aliphatic rings. The third-order valence-electron chi connectivity index (χ3n) is 8.93. The lowest BCUT2D eigenvalue weighted by Crippen LogP contribution is -2.41. The molecule has 6 heterocycles. The van der Waals surface area contributed by atoms with E-state index in [1.807, 2.05) is 19.1 Å². The molecule has 1 atom stereocenters. The van der Waals surface area contributed by atoms with Crippen molar-refractivity contribution in [3.05, 3.63) is 81.7 Å². The van der Waals surface area contributed by atoms with Crippen LogP contribution in [0.25, 0.3) is 33.3 Å². The average Bonchev–Trinajstić information content (AvgIpc) is 3.63. The highest BCUT2D eigenvalue weighted by molar-refractivity contribution is 6.23. The summed E-state index contributed by atoms with van der Waals surface area (Å²) in [6.07, 6.45) is 5.00. The molecule has 2 amide bonds. The number of amides is 2. The van der Waals surface area contributed by atoms with E-state index in [0.29, 0.717) is 29.6 Å². The summed E-state index contributed by atoms with van der Waals surface area (Å²) >= 11 is 0. The average molecular weight is 548 g/mol. The van der Waals surface area contributed by atoms with Crippen LogP contribution in [0, 0.1) is 6.92 Å². The van der Waals surface area contributed by atoms with E-state index in [4.69, 9.17) is 9.97 Å². The molecule has 8 bridgehead atoms. The molecule has 2 N–H and O–H groups in total. The topological polar surface area (TPSA) is 94.7 Å². The number of hydrogen-bond donors (Lipinski definition) is 2. The summed E-state index contributed by atoms with van der Waals surface area (Å²) in [7, 11) is 0. The number of aromatic nitrogens is 4. The molecule has 0 saturated carbocycles. The second-order valence-electron chi connectivity index (χ2n) is 11.5. The van der Waals surface area contributed by atoms with Crippen LogP contribution < -0.4 is 0 Å². The van der Waals surface area contributed by atoms with Crippen molar-refractivity contribution in [1.29, 1.82) is 0 Å². The Morgan fingerprint density at radius 3 is 2.37 bits per heavy atom. The molecule has 41 heavy (non-hydrogen) atoms. The normalized spacial score (nSPS) is 17.5. The van der Waals surface area contributed by atoms with Crippen molar-refractivity contribution in [3.8, 4) is 0 Å². The van der Waals surface area contributed by atoms with Gasteiger partial charge in [0.2, 0.25) is 0 Å². The number of H-pyrrole nitrogens is 2. The van der Waals surface area contributed by atoms with Crippen LogP contribution in [-0.4, -0.2) is 43.2 Å². The van der Waals surface area contributed by atoms with E-state index in [1.54, 1.807) is 0 Å². The van der Waals surface area contributed by atoms with Gasteiger partial charge in [-0.05, 0) is 80.5 Å². The smallest absolute Gasteiger partial charge is 0.264 e. The van der Waals surface area contributed by atoms with Crippen molar-refractivity contribution < 1.29 is 9.59 Å². The van der Waals surface area contributed by atoms with Crippen LogP contribution in [0.4, 0.5) is 0 Å². The summed E-state index contributed by atoms with van der Waals surface area (Å²) in [5, 5.41) is 0. The fraction of sp³-hybridized carbons (Fsp3) is 0.353. The van der Waals surface area contributed by atoms with Gasteiger partial charge in [0.05, 0.1) is 39.4 Å². The first-order valence-electron chi connectivity index (χ1n) is 14.6. The van der Waals surface area contributed by atoms with Gasteiger partial charge in [0, 0.05) is 34.9 Å². The minimum absolute atomic E-state index is 0.150. The van der Waals surface area contributed by atoms with Crippen LogP contribution in [-0.2, 0) is 6.42 Å². The van der Waals surface area contributed by atoms with Gasteiger partial charge < -0.3 is 9.97 Å². The van der Waals surface area contributed by atoms with Gasteiger partial charge in [-0.15, -0.1) is 0 Å². The summed E-state index contributed by atoms with van der Waals surface area (Å²) in [4.78, 5) is 46.4. The summed E-state index contributed by atoms with van der Waals surface area (Å²) < 4.78 is 0. The number of nitrogens with zero attached hydrogens (tertiary/aromatic N) is 3. The molecule has 4 aliphatic heterocycles. The molecule has 0 aliphatic carbocycles. The van der Waals surface area contributed by atoms with Gasteiger partial charge in [-0.2, -0.15) is 0 Å². The van der Waals surface area contributed by atoms with Crippen LogP contribution in [0.1, 0.15) is 120 Å². The number of nitrogens with one attached hydrogen (secondary N) is 2. The van der Waals surface area contributed by atoms with Gasteiger partial charge in [-0.3, -0.25) is 14.5 Å². The van der Waals surface area contributed by atoms with E-state index >= 15 is 0 Å². The summed E-state index contributed by atoms with van der Waals surface area (Å²) in [5.41, 5.74) is 13.0. The quantitative estimate of drug-likeness (QED) is 0.378. The fourth-order valence-corrected chi connectivity index (χ4v) is 6.45. The molecule has 0 radical (unpaired) electrons. The molecule has 0 saturated heterocycles. The zero-order chi connectivity index (χ0) is 29.2. The van der Waals surface area contributed by atoms with Crippen molar-refractivity contribution in [2.45, 2.75) is 73.1 Å². The first-order valence-corrected chi connectivity index (χ1v) is 14.6. The number of aromatic amines is 2. The number of allylic oxidation sites excluding steroid dienone is 5. The Kier molecular flexibility index (Phi) is 6.56. The van der Waals surface area contributed by atoms with Gasteiger partial charge in [0.25, 0.3) is 11.8 Å². The van der Waals surface area contributed by atoms with E-state index in [0.717, 1.165) is 86.8 Å². The Morgan fingerprint density at radius 1 is 0.951 bits per heavy atom. The monoisotopic (exact) mass is 547 g/mol. The Bertz CT molecular complexity index is 1800. The maximum Gasteiger partial charge on any atom is 0.264 e. The zero-order valence-electron chi connectivity index (χ0n) is 24.8. The highest BCUT2D eigenvalue weighted by atomic mass is 16.2. The Hall–Kier alpha value is -4.26. The molecule has 7 nitrogen and oxygen atoms in total. The SMILES string of the molecule is C=CC1=C(C)c2cc3[nH]c(c4c5[nH]c(cc6nc(cc1n2)C(C)=C6CC)c(C)c5C(=O)N(CCCC)C4=O)C[C@@H]3C. The molecule has 0 fully saturated rings. The number of unbranched alkanes of at least 4 members (excludes halogenated alkanes) is 1. The van der Waals surface area contributed by atoms with Crippen molar-refractivity contribution in [2.75, 3.05) is 6.54 Å². The lowest BCUT2D eigenvalue weighted by atomic mass is 9.96. The molecule has 210 valence electrons. The van der Waals surface area contributed by atoms with Crippen LogP contribution in [0.2, 0.25) is 0 Å². The van der Waals surface area contributed by atoms with Gasteiger partial charge in [0.15, 0.2) is 0 Å². The second kappa shape index (κ2) is 9.98. The largest absolute Gasteiger partial charge is 0.361 e. The first-order chi connectivity index (χ1) is 19.7. The van der Waals surface area contributed by atoms with E-state index in [-0.39, 0.29) is 17.7 Å². The van der Waals surface area contributed by atoms with E-state index < -0.39 is 0 Å². The number of rotatable bonds is 5. The van der Waals surface area contributed by atoms with Gasteiger partial charge in [-0.25, -0.2) is 9.97 Å². The Morgan fingerprint density at radius 2 is 1.66 bits per heavy atom. The van der Waals surface area contributed by atoms with E-state index in [1.165, 1.54) is 4.90 Å². The fourth-order valence-electron chi connectivity index (χ4n) is 6.45. The third kappa shape index (κ3) is 4.09. The van der Waals surface area contributed by atoms with Gasteiger partial charge in [-0.1, -0.05) is 39.8 Å². The zero-order valence-corrected chi connectivity index (χ0v) is 24.8. The van der Waals surface area contributed by atoms with Gasteiger partial charge in [0.1, 0.15) is 0 Å². The standard InChI is InChI=1S/C34H37N5O2/c1-8-11-12-39-33(40)30-20(7)26-16-28-22(10-3)19(6)25(37-28)15-27-21(9-2)18(5)24(36-27)14-23-17(4)13-29(35-23)31(34(39)41)32(30)38-26/h9,14-17,35,38H,2,8,10-13H2,1,3-7H3/t17-/m0/s1. The van der Waals surface area contributed by atoms with Crippen molar-refractivity contribution >= 4 is 45.1 Å². The maximum atomic E-state index is 14.0. The predicted octanol–water partition coefficient (Wildman–Crippen LogP) is 7.55. The third-order valence-corrected chi connectivity index (χ3v) is 8.93. The number of carbonyl (C=O) groups is 2. The molecule has 0 aromatic carbocycles. The molecule has 0 spiro atoms. The summed E-state index contributed by atoms with van der Waals surface area (Å²) in [6.45, 7) is 16.9. The lowest BCUT2D eigenvalue weighted by molar-refractivity contribution is 0.0607. The van der Waals surface area contributed by atoms with E-state index in [2.05, 4.69) is 63.3 Å². The number of carbonyl (C=O) groups excluding carboxylic acids is 2. The Balaban J connectivity index is 1.78. The molecule has 2 aromatic heterocycles. The molecule has 6 rings (SSSR count). The molecular formula is C34H37N5O2. The van der Waals surface area contributed by atoms with Crippen molar-refractivity contribution in [3.63, 3.8) is 0 Å². The molecular weight excluding hydrogens is 510 g/mol. The van der Waals surface area contributed by atoms with Crippen LogP contribution in [0.5, 0.6) is 0 Å². The highest BCUT2D eigenvalue weighted by Crippen LogP contribution is 2.38. The molecule has 7 heteroatoms. The summed E-state index contributed by atoms with van der Waals surface area (Å²) in [6, 6.07) is 6.17. The lowest BCUT2D eigenvalue weighted by Gasteiger charge is -2.25. The minimum atomic E-state index is -0.243. The molecule has 2 aromatic rings. The van der Waals surface area contributed by atoms with Gasteiger partial charge >= 0.3 is 0 Å². The highest BCUT2D eigenvalue weighted by Gasteiger charge is 2.37. The van der Waals surface area contributed by atoms with Crippen LogP contribution in [0.3, 0.4) is 0 Å². The maximum absolute atomic E-state index is 14.0. The number of hydrogen-bond acceptors (Lipinski definition) is 4. The number of aryl methyl sites for hydroxylation is 1. The van der Waals surface area contributed by atoms with E-state index in [9.17, 15) is 9.59 Å². The van der Waals surface area contributed by atoms with Crippen LogP contribution >= 0.6 is 0 Å². The molecule has 0 unspecified atom stereocenters. The van der Waals surface area contributed by atoms with Crippen molar-refractivity contribution in [1.82, 2.24) is 24.8 Å². The first kappa shape index (κ1) is 26.9.